The molecule has 0 saturated carbocycles. The molecule has 1 amide bonds. The summed E-state index contributed by atoms with van der Waals surface area (Å²) in [5.74, 6) is 0.227. The molecule has 0 bridgehead atoms. The summed E-state index contributed by atoms with van der Waals surface area (Å²) in [6.45, 7) is 8.09. The maximum atomic E-state index is 13.1. The standard InChI is InChI=1S/C26H28N6O4/c1-16(2)18-9-11-19(12-10-18)24(17(3)4)29-23(33)14-30-15-27-25-20(26(30)34)13-28-31(25)21-7-5-6-8-22(21)32(35)36/h5-13,15-17,24H,14H2,1-4H3,(H,29,33). The van der Waals surface area contributed by atoms with E-state index in [-0.39, 0.29) is 46.8 Å². The first-order valence-corrected chi connectivity index (χ1v) is 11.7. The van der Waals surface area contributed by atoms with Crippen molar-refractivity contribution in [2.45, 2.75) is 46.2 Å². The van der Waals surface area contributed by atoms with Crippen LogP contribution in [-0.4, -0.2) is 30.2 Å². The first kappa shape index (κ1) is 24.8. The van der Waals surface area contributed by atoms with Crippen molar-refractivity contribution in [1.82, 2.24) is 24.6 Å². The Balaban J connectivity index is 1.58. The van der Waals surface area contributed by atoms with E-state index in [1.165, 1.54) is 39.5 Å². The number of para-hydroxylation sites is 2. The molecule has 10 nitrogen and oxygen atoms in total. The molecule has 10 heteroatoms. The van der Waals surface area contributed by atoms with Gasteiger partial charge in [0.15, 0.2) is 5.65 Å². The number of carbonyl (C=O) groups is 1. The van der Waals surface area contributed by atoms with Crippen molar-refractivity contribution in [3.63, 3.8) is 0 Å². The van der Waals surface area contributed by atoms with E-state index < -0.39 is 10.5 Å². The predicted octanol–water partition coefficient (Wildman–Crippen LogP) is 4.13. The van der Waals surface area contributed by atoms with Crippen LogP contribution in [0, 0.1) is 16.0 Å². The summed E-state index contributed by atoms with van der Waals surface area (Å²) in [6, 6.07) is 14.1. The second-order valence-electron chi connectivity index (χ2n) is 9.33. The van der Waals surface area contributed by atoms with Crippen LogP contribution in [0.3, 0.4) is 0 Å². The predicted molar refractivity (Wildman–Crippen MR) is 136 cm³/mol. The molecule has 0 fully saturated rings. The topological polar surface area (TPSA) is 125 Å². The minimum atomic E-state index is -0.518. The van der Waals surface area contributed by atoms with Crippen LogP contribution in [0.2, 0.25) is 0 Å². The van der Waals surface area contributed by atoms with E-state index in [2.05, 4.69) is 41.4 Å². The summed E-state index contributed by atoms with van der Waals surface area (Å²) >= 11 is 0. The van der Waals surface area contributed by atoms with E-state index >= 15 is 0 Å². The molecule has 2 aromatic heterocycles. The Morgan fingerprint density at radius 3 is 2.36 bits per heavy atom. The third kappa shape index (κ3) is 4.88. The monoisotopic (exact) mass is 488 g/mol. The normalized spacial score (nSPS) is 12.3. The summed E-state index contributed by atoms with van der Waals surface area (Å²) in [5, 5.41) is 18.8. The van der Waals surface area contributed by atoms with E-state index in [9.17, 15) is 19.7 Å². The Hall–Kier alpha value is -4.34. The minimum Gasteiger partial charge on any atom is -0.347 e. The quantitative estimate of drug-likeness (QED) is 0.294. The molecule has 2 heterocycles. The number of rotatable bonds is 8. The summed E-state index contributed by atoms with van der Waals surface area (Å²) in [5.41, 5.74) is 1.98. The van der Waals surface area contributed by atoms with Gasteiger partial charge in [0.1, 0.15) is 23.9 Å². The fourth-order valence-electron chi connectivity index (χ4n) is 4.13. The SMILES string of the molecule is CC(C)c1ccc(C(NC(=O)Cn2cnc3c(cnn3-c3ccccc3[N+](=O)[O-])c2=O)C(C)C)cc1. The highest BCUT2D eigenvalue weighted by Gasteiger charge is 2.21. The molecule has 1 N–H and O–H groups in total. The van der Waals surface area contributed by atoms with Crippen LogP contribution in [0.25, 0.3) is 16.7 Å². The molecule has 0 aliphatic rings. The molecule has 4 rings (SSSR count). The van der Waals surface area contributed by atoms with Gasteiger partial charge in [0.2, 0.25) is 5.91 Å². The average molecular weight is 489 g/mol. The van der Waals surface area contributed by atoms with Crippen molar-refractivity contribution >= 4 is 22.6 Å². The molecule has 0 spiro atoms. The summed E-state index contributed by atoms with van der Waals surface area (Å²) in [4.78, 5) is 41.2. The Bertz CT molecular complexity index is 1470. The van der Waals surface area contributed by atoms with Crippen LogP contribution in [0.1, 0.15) is 50.8 Å². The zero-order chi connectivity index (χ0) is 26.0. The molecule has 4 aromatic rings. The maximum absolute atomic E-state index is 13.1. The second-order valence-corrected chi connectivity index (χ2v) is 9.33. The van der Waals surface area contributed by atoms with E-state index in [1.807, 2.05) is 26.0 Å². The number of nitro groups is 1. The van der Waals surface area contributed by atoms with Crippen molar-refractivity contribution in [3.8, 4) is 5.69 Å². The zero-order valence-corrected chi connectivity index (χ0v) is 20.6. The Morgan fingerprint density at radius 2 is 1.72 bits per heavy atom. The van der Waals surface area contributed by atoms with Gasteiger partial charge in [0.25, 0.3) is 11.2 Å². The molecule has 0 saturated heterocycles. The number of nitro benzene ring substituents is 1. The number of amides is 1. The molecule has 2 aromatic carbocycles. The van der Waals surface area contributed by atoms with Gasteiger partial charge in [-0.1, -0.05) is 64.1 Å². The first-order valence-electron chi connectivity index (χ1n) is 11.7. The number of nitrogens with zero attached hydrogens (tertiary/aromatic N) is 5. The van der Waals surface area contributed by atoms with Gasteiger partial charge < -0.3 is 5.32 Å². The third-order valence-electron chi connectivity index (χ3n) is 6.12. The Kier molecular flexibility index (Phi) is 6.96. The molecule has 36 heavy (non-hydrogen) atoms. The number of aromatic nitrogens is 4. The minimum absolute atomic E-state index is 0.135. The van der Waals surface area contributed by atoms with Crippen molar-refractivity contribution in [2.24, 2.45) is 5.92 Å². The molecule has 0 radical (unpaired) electrons. The van der Waals surface area contributed by atoms with Crippen molar-refractivity contribution in [1.29, 1.82) is 0 Å². The second kappa shape index (κ2) is 10.1. The van der Waals surface area contributed by atoms with Crippen LogP contribution >= 0.6 is 0 Å². The fourth-order valence-corrected chi connectivity index (χ4v) is 4.13. The molecule has 0 aliphatic carbocycles. The van der Waals surface area contributed by atoms with Crippen molar-refractivity contribution < 1.29 is 9.72 Å². The lowest BCUT2D eigenvalue weighted by Crippen LogP contribution is -2.36. The van der Waals surface area contributed by atoms with Crippen LogP contribution in [0.5, 0.6) is 0 Å². The molecule has 1 atom stereocenters. The number of hydrogen-bond acceptors (Lipinski definition) is 6. The number of benzene rings is 2. The van der Waals surface area contributed by atoms with Gasteiger partial charge in [0.05, 0.1) is 17.2 Å². The van der Waals surface area contributed by atoms with E-state index in [0.29, 0.717) is 5.92 Å². The average Bonchev–Trinajstić information content (AvgIpc) is 3.29. The van der Waals surface area contributed by atoms with Gasteiger partial charge in [0, 0.05) is 6.07 Å². The van der Waals surface area contributed by atoms with E-state index in [4.69, 9.17) is 0 Å². The summed E-state index contributed by atoms with van der Waals surface area (Å²) in [7, 11) is 0. The van der Waals surface area contributed by atoms with Crippen LogP contribution in [0.4, 0.5) is 5.69 Å². The van der Waals surface area contributed by atoms with Gasteiger partial charge in [-0.15, -0.1) is 0 Å². The van der Waals surface area contributed by atoms with Crippen molar-refractivity contribution in [2.75, 3.05) is 0 Å². The number of fused-ring (bicyclic) bond motifs is 1. The summed E-state index contributed by atoms with van der Waals surface area (Å²) < 4.78 is 2.47. The van der Waals surface area contributed by atoms with Gasteiger partial charge in [-0.2, -0.15) is 5.10 Å². The lowest BCUT2D eigenvalue weighted by molar-refractivity contribution is -0.384. The van der Waals surface area contributed by atoms with Crippen LogP contribution in [0.15, 0.2) is 65.8 Å². The molecular formula is C26H28N6O4. The zero-order valence-electron chi connectivity index (χ0n) is 20.6. The smallest absolute Gasteiger partial charge is 0.294 e. The van der Waals surface area contributed by atoms with E-state index in [0.717, 1.165) is 5.56 Å². The van der Waals surface area contributed by atoms with Gasteiger partial charge in [-0.3, -0.25) is 24.3 Å². The lowest BCUT2D eigenvalue weighted by Gasteiger charge is -2.23. The van der Waals surface area contributed by atoms with Crippen molar-refractivity contribution in [3.05, 3.63) is 92.7 Å². The fraction of sp³-hybridized carbons (Fsp3) is 0.308. The number of carbonyl (C=O) groups excluding carboxylic acids is 1. The highest BCUT2D eigenvalue weighted by Crippen LogP contribution is 2.25. The molecular weight excluding hydrogens is 460 g/mol. The van der Waals surface area contributed by atoms with Crippen LogP contribution < -0.4 is 10.9 Å². The molecule has 186 valence electrons. The Labute approximate surface area is 207 Å². The summed E-state index contributed by atoms with van der Waals surface area (Å²) in [6.07, 6.45) is 2.57. The highest BCUT2D eigenvalue weighted by atomic mass is 16.6. The van der Waals surface area contributed by atoms with Gasteiger partial charge >= 0.3 is 0 Å². The highest BCUT2D eigenvalue weighted by molar-refractivity contribution is 5.78. The Morgan fingerprint density at radius 1 is 1.06 bits per heavy atom. The van der Waals surface area contributed by atoms with Gasteiger partial charge in [-0.25, -0.2) is 9.67 Å². The van der Waals surface area contributed by atoms with Crippen LogP contribution in [-0.2, 0) is 11.3 Å². The number of hydrogen-bond donors (Lipinski definition) is 1. The van der Waals surface area contributed by atoms with Gasteiger partial charge in [-0.05, 0) is 29.0 Å². The maximum Gasteiger partial charge on any atom is 0.294 e. The third-order valence-corrected chi connectivity index (χ3v) is 6.12. The lowest BCUT2D eigenvalue weighted by atomic mass is 9.93. The number of nitrogens with one attached hydrogen (secondary N) is 1. The van der Waals surface area contributed by atoms with E-state index in [1.54, 1.807) is 12.1 Å². The molecule has 0 aliphatic heterocycles. The first-order chi connectivity index (χ1) is 17.2. The molecule has 1 unspecified atom stereocenters. The largest absolute Gasteiger partial charge is 0.347 e.